The Balaban J connectivity index is 1.88. The Morgan fingerprint density at radius 1 is 1.20 bits per heavy atom. The van der Waals surface area contributed by atoms with Gasteiger partial charge in [0.15, 0.2) is 6.61 Å². The second-order valence-corrected chi connectivity index (χ2v) is 6.50. The van der Waals surface area contributed by atoms with E-state index in [-0.39, 0.29) is 12.5 Å². The highest BCUT2D eigenvalue weighted by molar-refractivity contribution is 9.10. The molecule has 2 aromatic carbocycles. The molecule has 0 aliphatic rings. The van der Waals surface area contributed by atoms with Crippen LogP contribution in [0.25, 0.3) is 10.9 Å². The fraction of sp³-hybridized carbons (Fsp3) is 0.111. The van der Waals surface area contributed by atoms with Crippen LogP contribution in [0.15, 0.2) is 53.1 Å². The van der Waals surface area contributed by atoms with Crippen molar-refractivity contribution in [2.75, 3.05) is 13.7 Å². The number of aromatic nitrogens is 1. The summed E-state index contributed by atoms with van der Waals surface area (Å²) in [5.74, 6) is -0.423. The lowest BCUT2D eigenvalue weighted by molar-refractivity contribution is 0.0603. The number of fused-ring (bicyclic) bond motifs is 1. The van der Waals surface area contributed by atoms with Crippen molar-refractivity contribution in [2.24, 2.45) is 0 Å². The summed E-state index contributed by atoms with van der Waals surface area (Å²) >= 11 is 9.39. The van der Waals surface area contributed by atoms with Gasteiger partial charge in [0, 0.05) is 16.1 Å². The van der Waals surface area contributed by atoms with Crippen molar-refractivity contribution in [3.63, 3.8) is 0 Å². The molecule has 0 spiro atoms. The van der Waals surface area contributed by atoms with Gasteiger partial charge in [-0.3, -0.25) is 9.36 Å². The highest BCUT2D eigenvalue weighted by Crippen LogP contribution is 2.28. The van der Waals surface area contributed by atoms with E-state index < -0.39 is 5.97 Å². The third-order valence-corrected chi connectivity index (χ3v) is 4.42. The number of methoxy groups -OCH3 is 1. The number of hydrogen-bond acceptors (Lipinski definition) is 4. The van der Waals surface area contributed by atoms with Crippen LogP contribution in [0.3, 0.4) is 0 Å². The SMILES string of the molecule is COC(=O)c1cn(C(=O)COc2ccc(Br)cc2Cl)c2ccccc12. The summed E-state index contributed by atoms with van der Waals surface area (Å²) in [6.45, 7) is -0.222. The van der Waals surface area contributed by atoms with Crippen molar-refractivity contribution in [3.05, 3.63) is 63.7 Å². The molecule has 1 aromatic heterocycles. The van der Waals surface area contributed by atoms with Crippen molar-refractivity contribution < 1.29 is 19.1 Å². The molecule has 0 unspecified atom stereocenters. The molecule has 128 valence electrons. The van der Waals surface area contributed by atoms with Crippen LogP contribution in [0.2, 0.25) is 5.02 Å². The molecule has 0 amide bonds. The molecule has 0 bridgehead atoms. The first-order valence-corrected chi connectivity index (χ1v) is 8.48. The number of halogens is 2. The normalized spacial score (nSPS) is 10.7. The Morgan fingerprint density at radius 2 is 1.96 bits per heavy atom. The monoisotopic (exact) mass is 421 g/mol. The Hall–Kier alpha value is -2.31. The second-order valence-electron chi connectivity index (χ2n) is 5.18. The lowest BCUT2D eigenvalue weighted by Crippen LogP contribution is -2.18. The molecule has 3 aromatic rings. The summed E-state index contributed by atoms with van der Waals surface area (Å²) in [6, 6.07) is 12.2. The molecule has 3 rings (SSSR count). The maximum absolute atomic E-state index is 12.6. The number of nitrogens with zero attached hydrogens (tertiary/aromatic N) is 1. The number of rotatable bonds is 4. The molecular weight excluding hydrogens is 410 g/mol. The molecule has 0 atom stereocenters. The minimum absolute atomic E-state index is 0.222. The molecule has 0 aliphatic carbocycles. The highest BCUT2D eigenvalue weighted by atomic mass is 79.9. The van der Waals surface area contributed by atoms with Crippen LogP contribution in [-0.2, 0) is 4.74 Å². The molecule has 7 heteroatoms. The second kappa shape index (κ2) is 7.29. The lowest BCUT2D eigenvalue weighted by Gasteiger charge is -2.08. The van der Waals surface area contributed by atoms with E-state index in [4.69, 9.17) is 21.1 Å². The van der Waals surface area contributed by atoms with Gasteiger partial charge in [-0.15, -0.1) is 0 Å². The Labute approximate surface area is 157 Å². The number of hydrogen-bond donors (Lipinski definition) is 0. The van der Waals surface area contributed by atoms with Crippen LogP contribution in [0, 0.1) is 0 Å². The summed E-state index contributed by atoms with van der Waals surface area (Å²) in [5.41, 5.74) is 0.937. The van der Waals surface area contributed by atoms with Crippen molar-refractivity contribution in [1.82, 2.24) is 4.57 Å². The first-order valence-electron chi connectivity index (χ1n) is 7.30. The first kappa shape index (κ1) is 17.5. The van der Waals surface area contributed by atoms with Crippen molar-refractivity contribution in [3.8, 4) is 5.75 Å². The van der Waals surface area contributed by atoms with Crippen LogP contribution in [0.4, 0.5) is 0 Å². The average Bonchev–Trinajstić information content (AvgIpc) is 3.00. The topological polar surface area (TPSA) is 57.5 Å². The average molecular weight is 423 g/mol. The fourth-order valence-corrected chi connectivity index (χ4v) is 3.19. The van der Waals surface area contributed by atoms with Crippen LogP contribution in [-0.4, -0.2) is 30.2 Å². The van der Waals surface area contributed by atoms with Crippen LogP contribution in [0.1, 0.15) is 15.2 Å². The van der Waals surface area contributed by atoms with E-state index in [1.54, 1.807) is 42.5 Å². The fourth-order valence-electron chi connectivity index (χ4n) is 2.46. The molecule has 0 saturated carbocycles. The van der Waals surface area contributed by atoms with E-state index in [0.29, 0.717) is 27.2 Å². The van der Waals surface area contributed by atoms with E-state index in [2.05, 4.69) is 15.9 Å². The molecule has 0 N–H and O–H groups in total. The van der Waals surface area contributed by atoms with E-state index in [1.165, 1.54) is 17.9 Å². The van der Waals surface area contributed by atoms with E-state index in [9.17, 15) is 9.59 Å². The van der Waals surface area contributed by atoms with E-state index >= 15 is 0 Å². The van der Waals surface area contributed by atoms with Gasteiger partial charge >= 0.3 is 5.97 Å². The van der Waals surface area contributed by atoms with Gasteiger partial charge in [-0.1, -0.05) is 45.7 Å². The zero-order valence-electron chi connectivity index (χ0n) is 13.2. The Kier molecular flexibility index (Phi) is 5.11. The predicted molar refractivity (Wildman–Crippen MR) is 98.6 cm³/mol. The zero-order chi connectivity index (χ0) is 18.0. The molecule has 25 heavy (non-hydrogen) atoms. The van der Waals surface area contributed by atoms with Gasteiger partial charge in [0.25, 0.3) is 5.91 Å². The number of ether oxygens (including phenoxy) is 2. The van der Waals surface area contributed by atoms with Gasteiger partial charge in [0.1, 0.15) is 5.75 Å². The van der Waals surface area contributed by atoms with Gasteiger partial charge in [0.05, 0.1) is 23.2 Å². The van der Waals surface area contributed by atoms with Crippen molar-refractivity contribution in [2.45, 2.75) is 0 Å². The molecule has 0 aliphatic heterocycles. The summed E-state index contributed by atoms with van der Waals surface area (Å²) in [4.78, 5) is 24.5. The third kappa shape index (κ3) is 3.55. The molecular formula is C18H13BrClNO4. The van der Waals surface area contributed by atoms with Gasteiger partial charge in [0.2, 0.25) is 0 Å². The highest BCUT2D eigenvalue weighted by Gasteiger charge is 2.19. The standard InChI is InChI=1S/C18H13BrClNO4/c1-24-18(23)13-9-21(15-5-3-2-4-12(13)15)17(22)10-25-16-7-6-11(19)8-14(16)20/h2-9H,10H2,1H3. The number of benzene rings is 2. The van der Waals surface area contributed by atoms with Gasteiger partial charge < -0.3 is 9.47 Å². The largest absolute Gasteiger partial charge is 0.482 e. The maximum Gasteiger partial charge on any atom is 0.340 e. The first-order chi connectivity index (χ1) is 12.0. The molecule has 0 saturated heterocycles. The van der Waals surface area contributed by atoms with Crippen molar-refractivity contribution >= 4 is 50.3 Å². The summed E-state index contributed by atoms with van der Waals surface area (Å²) < 4.78 is 12.5. The smallest absolute Gasteiger partial charge is 0.340 e. The number of esters is 1. The van der Waals surface area contributed by atoms with Crippen LogP contribution < -0.4 is 4.74 Å². The van der Waals surface area contributed by atoms with E-state index in [0.717, 1.165) is 4.47 Å². The molecule has 0 radical (unpaired) electrons. The number of carbonyl (C=O) groups excluding carboxylic acids is 2. The quantitative estimate of drug-likeness (QED) is 0.578. The van der Waals surface area contributed by atoms with Crippen LogP contribution in [0.5, 0.6) is 5.75 Å². The number of para-hydroxylation sites is 1. The molecule has 5 nitrogen and oxygen atoms in total. The summed E-state index contributed by atoms with van der Waals surface area (Å²) in [6.07, 6.45) is 1.46. The minimum Gasteiger partial charge on any atom is -0.482 e. The van der Waals surface area contributed by atoms with Crippen molar-refractivity contribution in [1.29, 1.82) is 0 Å². The van der Waals surface area contributed by atoms with E-state index in [1.807, 2.05) is 0 Å². The number of carbonyl (C=O) groups is 2. The maximum atomic E-state index is 12.6. The Morgan fingerprint density at radius 3 is 2.68 bits per heavy atom. The summed E-state index contributed by atoms with van der Waals surface area (Å²) in [7, 11) is 1.30. The van der Waals surface area contributed by atoms with Gasteiger partial charge in [-0.25, -0.2) is 4.79 Å². The molecule has 0 fully saturated rings. The Bertz CT molecular complexity index is 967. The zero-order valence-corrected chi connectivity index (χ0v) is 15.5. The van der Waals surface area contributed by atoms with Gasteiger partial charge in [-0.2, -0.15) is 0 Å². The lowest BCUT2D eigenvalue weighted by atomic mass is 10.2. The van der Waals surface area contributed by atoms with Gasteiger partial charge in [-0.05, 0) is 24.3 Å². The summed E-state index contributed by atoms with van der Waals surface area (Å²) in [5, 5.41) is 1.04. The predicted octanol–water partition coefficient (Wildman–Crippen LogP) is 4.56. The van der Waals surface area contributed by atoms with Crippen LogP contribution >= 0.6 is 27.5 Å². The molecule has 1 heterocycles. The third-order valence-electron chi connectivity index (χ3n) is 3.63. The minimum atomic E-state index is -0.500.